The molecule has 4 aromatic rings. The van der Waals surface area contributed by atoms with E-state index in [-0.39, 0.29) is 11.9 Å². The third-order valence-electron chi connectivity index (χ3n) is 5.68. The monoisotopic (exact) mass is 487 g/mol. The molecular weight excluding hydrogens is 468 g/mol. The molecule has 0 radical (unpaired) electrons. The number of benzene rings is 4. The number of nitrogens with zero attached hydrogens (tertiary/aromatic N) is 3. The Bertz CT molecular complexity index is 1370. The Morgan fingerprint density at radius 3 is 2.44 bits per heavy atom. The molecule has 168 valence electrons. The van der Waals surface area contributed by atoms with Crippen molar-refractivity contribution in [2.24, 2.45) is 10.1 Å². The van der Waals surface area contributed by atoms with E-state index >= 15 is 0 Å². The lowest BCUT2D eigenvalue weighted by atomic mass is 9.98. The van der Waals surface area contributed by atoms with Crippen LogP contribution in [0.25, 0.3) is 0 Å². The zero-order chi connectivity index (χ0) is 23.5. The third kappa shape index (κ3) is 4.89. The van der Waals surface area contributed by atoms with Crippen LogP contribution in [0.4, 0.5) is 15.8 Å². The van der Waals surface area contributed by atoms with Crippen LogP contribution in [0.2, 0.25) is 10.0 Å². The number of hydrogen-bond acceptors (Lipinski definition) is 3. The van der Waals surface area contributed by atoms with Crippen molar-refractivity contribution in [3.05, 3.63) is 130 Å². The van der Waals surface area contributed by atoms with Crippen LogP contribution in [0, 0.1) is 5.82 Å². The van der Waals surface area contributed by atoms with Crippen LogP contribution < -0.4 is 5.01 Å². The van der Waals surface area contributed by atoms with E-state index in [0.29, 0.717) is 16.5 Å². The molecule has 0 aliphatic carbocycles. The van der Waals surface area contributed by atoms with E-state index in [4.69, 9.17) is 28.3 Å². The van der Waals surface area contributed by atoms with Gasteiger partial charge in [-0.3, -0.25) is 10.0 Å². The minimum absolute atomic E-state index is 0.0296. The summed E-state index contributed by atoms with van der Waals surface area (Å²) in [6.07, 6.45) is 2.42. The van der Waals surface area contributed by atoms with Crippen LogP contribution in [-0.4, -0.2) is 11.9 Å². The summed E-state index contributed by atoms with van der Waals surface area (Å²) in [5.74, 6) is -0.250. The van der Waals surface area contributed by atoms with Gasteiger partial charge in [-0.05, 0) is 59.7 Å². The van der Waals surface area contributed by atoms with E-state index in [1.807, 2.05) is 77.8 Å². The van der Waals surface area contributed by atoms with E-state index in [2.05, 4.69) is 4.99 Å². The van der Waals surface area contributed by atoms with Crippen LogP contribution >= 0.6 is 23.2 Å². The summed E-state index contributed by atoms with van der Waals surface area (Å²) < 4.78 is 13.5. The Morgan fingerprint density at radius 2 is 1.68 bits per heavy atom. The van der Waals surface area contributed by atoms with Crippen molar-refractivity contribution in [1.29, 1.82) is 0 Å². The highest BCUT2D eigenvalue weighted by Crippen LogP contribution is 2.37. The molecule has 0 aromatic heterocycles. The average molecular weight is 488 g/mol. The van der Waals surface area contributed by atoms with Crippen molar-refractivity contribution in [1.82, 2.24) is 0 Å². The fraction of sp³-hybridized carbons (Fsp3) is 0.0714. The van der Waals surface area contributed by atoms with Crippen molar-refractivity contribution >= 4 is 46.5 Å². The average Bonchev–Trinajstić information content (AvgIpc) is 3.30. The number of halogens is 3. The standard InChI is InChI=1S/C28H20Cl2FN3/c29-22-12-9-21(26(30)16-22)18-32-24-6-4-5-20(15-24)27-17-28(19-10-13-23(31)14-11-19)34(33-27)25-7-2-1-3-8-25/h1-16,18,28H,17H2. The van der Waals surface area contributed by atoms with Gasteiger partial charge in [0.2, 0.25) is 0 Å². The van der Waals surface area contributed by atoms with Gasteiger partial charge in [-0.25, -0.2) is 4.39 Å². The number of hydrazone groups is 1. The largest absolute Gasteiger partial charge is 0.257 e. The van der Waals surface area contributed by atoms with Crippen LogP contribution in [0.5, 0.6) is 0 Å². The number of aliphatic imine (C=N–C) groups is 1. The van der Waals surface area contributed by atoms with E-state index in [1.165, 1.54) is 12.1 Å². The molecule has 0 N–H and O–H groups in total. The topological polar surface area (TPSA) is 28.0 Å². The van der Waals surface area contributed by atoms with Crippen molar-refractivity contribution in [3.8, 4) is 0 Å². The second kappa shape index (κ2) is 9.80. The normalized spacial score (nSPS) is 15.7. The van der Waals surface area contributed by atoms with Crippen molar-refractivity contribution in [2.45, 2.75) is 12.5 Å². The summed E-state index contributed by atoms with van der Waals surface area (Å²) >= 11 is 12.2. The molecule has 1 heterocycles. The van der Waals surface area contributed by atoms with Gasteiger partial charge in [0.15, 0.2) is 0 Å². The van der Waals surface area contributed by atoms with Crippen LogP contribution in [0.15, 0.2) is 107 Å². The van der Waals surface area contributed by atoms with Crippen LogP contribution in [-0.2, 0) is 0 Å². The summed E-state index contributed by atoms with van der Waals surface area (Å²) in [5, 5.41) is 8.10. The first-order valence-corrected chi connectivity index (χ1v) is 11.6. The molecule has 0 bridgehead atoms. The molecule has 0 spiro atoms. The number of para-hydroxylation sites is 1. The van der Waals surface area contributed by atoms with Crippen LogP contribution in [0.3, 0.4) is 0 Å². The summed E-state index contributed by atoms with van der Waals surface area (Å²) in [7, 11) is 0. The second-order valence-corrected chi connectivity index (χ2v) is 8.82. The molecular formula is C28H20Cl2FN3. The fourth-order valence-corrected chi connectivity index (χ4v) is 4.42. The zero-order valence-electron chi connectivity index (χ0n) is 18.1. The summed E-state index contributed by atoms with van der Waals surface area (Å²) in [6.45, 7) is 0. The molecule has 1 aliphatic rings. The molecule has 34 heavy (non-hydrogen) atoms. The van der Waals surface area contributed by atoms with Crippen molar-refractivity contribution in [3.63, 3.8) is 0 Å². The summed E-state index contributed by atoms with van der Waals surface area (Å²) in [6, 6.07) is 29.9. The van der Waals surface area contributed by atoms with Gasteiger partial charge in [0, 0.05) is 23.2 Å². The Morgan fingerprint density at radius 1 is 0.882 bits per heavy atom. The molecule has 1 unspecified atom stereocenters. The molecule has 1 atom stereocenters. The smallest absolute Gasteiger partial charge is 0.123 e. The highest BCUT2D eigenvalue weighted by atomic mass is 35.5. The summed E-state index contributed by atoms with van der Waals surface area (Å²) in [4.78, 5) is 4.60. The Hall–Kier alpha value is -3.47. The van der Waals surface area contributed by atoms with Crippen LogP contribution in [0.1, 0.15) is 29.2 Å². The van der Waals surface area contributed by atoms with Crippen molar-refractivity contribution in [2.75, 3.05) is 5.01 Å². The van der Waals surface area contributed by atoms with E-state index < -0.39 is 0 Å². The lowest BCUT2D eigenvalue weighted by Crippen LogP contribution is -2.18. The van der Waals surface area contributed by atoms with Gasteiger partial charge < -0.3 is 0 Å². The van der Waals surface area contributed by atoms with Crippen molar-refractivity contribution < 1.29 is 4.39 Å². The van der Waals surface area contributed by atoms with E-state index in [9.17, 15) is 4.39 Å². The molecule has 1 aliphatic heterocycles. The maximum absolute atomic E-state index is 13.5. The van der Waals surface area contributed by atoms with Gasteiger partial charge in [-0.2, -0.15) is 5.10 Å². The molecule has 6 heteroatoms. The van der Waals surface area contributed by atoms with Gasteiger partial charge in [-0.1, -0.05) is 71.7 Å². The quantitative estimate of drug-likeness (QED) is 0.260. The lowest BCUT2D eigenvalue weighted by molar-refractivity contribution is 0.624. The molecule has 0 saturated carbocycles. The highest BCUT2D eigenvalue weighted by Gasteiger charge is 2.30. The highest BCUT2D eigenvalue weighted by molar-refractivity contribution is 6.36. The van der Waals surface area contributed by atoms with E-state index in [1.54, 1.807) is 18.3 Å². The number of hydrogen-bond donors (Lipinski definition) is 0. The molecule has 3 nitrogen and oxygen atoms in total. The first kappa shape index (κ1) is 22.3. The molecule has 4 aromatic carbocycles. The molecule has 0 amide bonds. The molecule has 0 fully saturated rings. The predicted octanol–water partition coefficient (Wildman–Crippen LogP) is 8.24. The third-order valence-corrected chi connectivity index (χ3v) is 6.24. The first-order chi connectivity index (χ1) is 16.6. The second-order valence-electron chi connectivity index (χ2n) is 7.97. The SMILES string of the molecule is Fc1ccc(C2CC(c3cccc(N=Cc4ccc(Cl)cc4Cl)c3)=NN2c2ccccc2)cc1. The Labute approximate surface area is 207 Å². The van der Waals surface area contributed by atoms with Gasteiger partial charge in [0.25, 0.3) is 0 Å². The van der Waals surface area contributed by atoms with Gasteiger partial charge in [0.1, 0.15) is 5.82 Å². The summed E-state index contributed by atoms with van der Waals surface area (Å²) in [5.41, 5.74) is 5.51. The Balaban J connectivity index is 1.46. The fourth-order valence-electron chi connectivity index (χ4n) is 3.96. The molecule has 0 saturated heterocycles. The Kier molecular flexibility index (Phi) is 6.43. The maximum Gasteiger partial charge on any atom is 0.123 e. The minimum atomic E-state index is -0.250. The first-order valence-electron chi connectivity index (χ1n) is 10.8. The number of anilines is 1. The maximum atomic E-state index is 13.5. The van der Waals surface area contributed by atoms with Gasteiger partial charge >= 0.3 is 0 Å². The number of rotatable bonds is 5. The predicted molar refractivity (Wildman–Crippen MR) is 139 cm³/mol. The van der Waals surface area contributed by atoms with Gasteiger partial charge in [0.05, 0.1) is 28.2 Å². The lowest BCUT2D eigenvalue weighted by Gasteiger charge is -2.23. The van der Waals surface area contributed by atoms with E-state index in [0.717, 1.165) is 33.8 Å². The molecule has 5 rings (SSSR count). The van der Waals surface area contributed by atoms with Gasteiger partial charge in [-0.15, -0.1) is 0 Å². The minimum Gasteiger partial charge on any atom is -0.257 e. The zero-order valence-corrected chi connectivity index (χ0v) is 19.6.